The van der Waals surface area contributed by atoms with Crippen LogP contribution >= 0.6 is 0 Å². The molecule has 6 heteroatoms. The molecule has 1 heterocycles. The van der Waals surface area contributed by atoms with Gasteiger partial charge in [0.2, 0.25) is 5.56 Å². The Morgan fingerprint density at radius 3 is 1.63 bits per heavy atom. The van der Waals surface area contributed by atoms with Crippen LogP contribution in [0.1, 0.15) is 40.9 Å². The van der Waals surface area contributed by atoms with E-state index in [1.165, 1.54) is 6.07 Å². The highest BCUT2D eigenvalue weighted by atomic mass is 16.5. The summed E-state index contributed by atoms with van der Waals surface area (Å²) < 4.78 is 12.0. The van der Waals surface area contributed by atoms with Crippen LogP contribution in [0.3, 0.4) is 0 Å². The topological polar surface area (TPSA) is 88.6 Å². The molecule has 0 aliphatic carbocycles. The monoisotopic (exact) mass is 567 g/mol. The SMILES string of the molecule is CC(C)(c1ccc(O)cc1)c1ccc(Oc2ccc(C(=O)c3ccc(Oc4ccc5[nH]c(=O)ccc5c4)cc3)cc2)cc1. The van der Waals surface area contributed by atoms with Gasteiger partial charge >= 0.3 is 0 Å². The van der Waals surface area contributed by atoms with Gasteiger partial charge in [-0.3, -0.25) is 9.59 Å². The van der Waals surface area contributed by atoms with E-state index in [9.17, 15) is 14.7 Å². The Labute approximate surface area is 248 Å². The maximum Gasteiger partial charge on any atom is 0.248 e. The molecule has 6 nitrogen and oxygen atoms in total. The lowest BCUT2D eigenvalue weighted by atomic mass is 9.78. The number of phenols is 1. The maximum atomic E-state index is 13.1. The number of ketones is 1. The van der Waals surface area contributed by atoms with Crippen LogP contribution in [0, 0.1) is 0 Å². The summed E-state index contributed by atoms with van der Waals surface area (Å²) in [4.78, 5) is 27.4. The van der Waals surface area contributed by atoms with Crippen LogP contribution in [0.25, 0.3) is 10.9 Å². The Balaban J connectivity index is 1.09. The number of carbonyl (C=O) groups is 1. The van der Waals surface area contributed by atoms with E-state index < -0.39 is 0 Å². The molecule has 0 radical (unpaired) electrons. The normalized spacial score (nSPS) is 11.3. The summed E-state index contributed by atoms with van der Waals surface area (Å²) >= 11 is 0. The lowest BCUT2D eigenvalue weighted by molar-refractivity contribution is 0.103. The largest absolute Gasteiger partial charge is 0.508 e. The number of carbonyl (C=O) groups excluding carboxylic acids is 1. The van der Waals surface area contributed by atoms with Crippen LogP contribution in [0.15, 0.2) is 132 Å². The number of hydrogen-bond donors (Lipinski definition) is 2. The van der Waals surface area contributed by atoms with Crippen LogP contribution in [-0.4, -0.2) is 15.9 Å². The summed E-state index contributed by atoms with van der Waals surface area (Å²) in [5.74, 6) is 2.70. The molecule has 212 valence electrons. The van der Waals surface area contributed by atoms with Gasteiger partial charge in [-0.15, -0.1) is 0 Å². The lowest BCUT2D eigenvalue weighted by Gasteiger charge is -2.26. The molecule has 0 atom stereocenters. The fourth-order valence-corrected chi connectivity index (χ4v) is 4.97. The molecule has 43 heavy (non-hydrogen) atoms. The van der Waals surface area contributed by atoms with Crippen molar-refractivity contribution in [3.05, 3.63) is 160 Å². The van der Waals surface area contributed by atoms with Crippen molar-refractivity contribution in [1.82, 2.24) is 4.98 Å². The molecule has 6 aromatic rings. The number of fused-ring (bicyclic) bond motifs is 1. The minimum atomic E-state index is -0.238. The average Bonchev–Trinajstić information content (AvgIpc) is 3.02. The number of aromatic nitrogens is 1. The molecule has 2 N–H and O–H groups in total. The Morgan fingerprint density at radius 1 is 0.605 bits per heavy atom. The maximum absolute atomic E-state index is 13.1. The molecule has 0 aliphatic rings. The van der Waals surface area contributed by atoms with Gasteiger partial charge in [-0.2, -0.15) is 0 Å². The number of nitrogens with one attached hydrogen (secondary N) is 1. The van der Waals surface area contributed by atoms with Gasteiger partial charge in [0.15, 0.2) is 5.78 Å². The van der Waals surface area contributed by atoms with Crippen molar-refractivity contribution in [3.8, 4) is 28.7 Å². The first-order valence-corrected chi connectivity index (χ1v) is 13.9. The van der Waals surface area contributed by atoms with Gasteiger partial charge in [0.05, 0.1) is 0 Å². The van der Waals surface area contributed by atoms with E-state index in [-0.39, 0.29) is 22.5 Å². The number of aromatic amines is 1. The van der Waals surface area contributed by atoms with E-state index in [2.05, 4.69) is 18.8 Å². The van der Waals surface area contributed by atoms with Gasteiger partial charge in [0, 0.05) is 33.5 Å². The lowest BCUT2D eigenvalue weighted by Crippen LogP contribution is -2.18. The minimum absolute atomic E-state index is 0.103. The fraction of sp³-hybridized carbons (Fsp3) is 0.0811. The molecule has 1 aromatic heterocycles. The number of ether oxygens (including phenoxy) is 2. The van der Waals surface area contributed by atoms with E-state index in [4.69, 9.17) is 9.47 Å². The molecule has 5 aromatic carbocycles. The van der Waals surface area contributed by atoms with Crippen molar-refractivity contribution in [1.29, 1.82) is 0 Å². The van der Waals surface area contributed by atoms with Gasteiger partial charge in [-0.05, 0) is 108 Å². The summed E-state index contributed by atoms with van der Waals surface area (Å²) in [5, 5.41) is 10.5. The van der Waals surface area contributed by atoms with Gasteiger partial charge < -0.3 is 19.6 Å². The molecule has 0 unspecified atom stereocenters. The summed E-state index contributed by atoms with van der Waals surface area (Å²) in [6.45, 7) is 4.28. The molecule has 0 aliphatic heterocycles. The summed E-state index contributed by atoms with van der Waals surface area (Å²) in [7, 11) is 0. The molecule has 0 amide bonds. The third kappa shape index (κ3) is 6.04. The Bertz CT molecular complexity index is 1960. The van der Waals surface area contributed by atoms with Gasteiger partial charge in [-0.25, -0.2) is 0 Å². The highest BCUT2D eigenvalue weighted by Gasteiger charge is 2.23. The predicted octanol–water partition coefficient (Wildman–Crippen LogP) is 8.38. The van der Waals surface area contributed by atoms with Crippen molar-refractivity contribution in [2.45, 2.75) is 19.3 Å². The van der Waals surface area contributed by atoms with Crippen LogP contribution in [0.5, 0.6) is 28.7 Å². The van der Waals surface area contributed by atoms with E-state index in [1.807, 2.05) is 42.5 Å². The number of phenolic OH excluding ortho intramolecular Hbond substituents is 1. The third-order valence-electron chi connectivity index (χ3n) is 7.56. The van der Waals surface area contributed by atoms with Gasteiger partial charge in [0.1, 0.15) is 28.7 Å². The number of hydrogen-bond acceptors (Lipinski definition) is 5. The number of benzene rings is 5. The summed E-state index contributed by atoms with van der Waals surface area (Å²) in [6.07, 6.45) is 0. The average molecular weight is 568 g/mol. The third-order valence-corrected chi connectivity index (χ3v) is 7.56. The minimum Gasteiger partial charge on any atom is -0.508 e. The van der Waals surface area contributed by atoms with Crippen molar-refractivity contribution in [2.75, 3.05) is 0 Å². The number of rotatable bonds is 8. The van der Waals surface area contributed by atoms with Crippen molar-refractivity contribution in [3.63, 3.8) is 0 Å². The van der Waals surface area contributed by atoms with Crippen molar-refractivity contribution >= 4 is 16.7 Å². The molecule has 0 saturated carbocycles. The van der Waals surface area contributed by atoms with E-state index in [0.29, 0.717) is 34.1 Å². The van der Waals surface area contributed by atoms with Crippen LogP contribution in [0.4, 0.5) is 0 Å². The Kier molecular flexibility index (Phi) is 7.26. The molecule has 0 fully saturated rings. The smallest absolute Gasteiger partial charge is 0.248 e. The van der Waals surface area contributed by atoms with Crippen molar-refractivity contribution < 1.29 is 19.4 Å². The second-order valence-electron chi connectivity index (χ2n) is 10.8. The molecule has 0 spiro atoms. The standard InChI is InChI=1S/C37H29NO5/c1-37(2,27-8-12-29(39)13-9-27)28-10-18-32(19-11-28)42-30-14-3-24(4-15-30)36(41)25-5-16-31(17-6-25)43-33-20-21-34-26(23-33)7-22-35(40)38-34/h3-23,39H,1-2H3,(H,38,40). The van der Waals surface area contributed by atoms with E-state index >= 15 is 0 Å². The summed E-state index contributed by atoms with van der Waals surface area (Å²) in [5.41, 5.74) is 3.67. The first-order valence-electron chi connectivity index (χ1n) is 13.9. The zero-order chi connectivity index (χ0) is 30.0. The molecular weight excluding hydrogens is 538 g/mol. The highest BCUT2D eigenvalue weighted by Crippen LogP contribution is 2.34. The second-order valence-corrected chi connectivity index (χ2v) is 10.8. The number of aromatic hydroxyl groups is 1. The first-order chi connectivity index (χ1) is 20.7. The quantitative estimate of drug-likeness (QED) is 0.180. The number of H-pyrrole nitrogens is 1. The molecule has 0 saturated heterocycles. The van der Waals surface area contributed by atoms with Gasteiger partial charge in [-0.1, -0.05) is 38.1 Å². The Morgan fingerprint density at radius 2 is 1.07 bits per heavy atom. The van der Waals surface area contributed by atoms with Crippen molar-refractivity contribution in [2.24, 2.45) is 0 Å². The zero-order valence-corrected chi connectivity index (χ0v) is 23.7. The van der Waals surface area contributed by atoms with Crippen LogP contribution in [-0.2, 0) is 5.41 Å². The molecule has 6 rings (SSSR count). The molecular formula is C37H29NO5. The number of pyridine rings is 1. The highest BCUT2D eigenvalue weighted by molar-refractivity contribution is 6.09. The van der Waals surface area contributed by atoms with Gasteiger partial charge in [0.25, 0.3) is 0 Å². The fourth-order valence-electron chi connectivity index (χ4n) is 4.97. The Hall–Kier alpha value is -5.62. The first kappa shape index (κ1) is 27.5. The van der Waals surface area contributed by atoms with E-state index in [0.717, 1.165) is 22.0 Å². The van der Waals surface area contributed by atoms with E-state index in [1.54, 1.807) is 78.9 Å². The predicted molar refractivity (Wildman–Crippen MR) is 168 cm³/mol. The summed E-state index contributed by atoms with van der Waals surface area (Å²) in [6, 6.07) is 37.9. The zero-order valence-electron chi connectivity index (χ0n) is 23.7. The molecule has 0 bridgehead atoms. The van der Waals surface area contributed by atoms with Crippen LogP contribution < -0.4 is 15.0 Å². The second kappa shape index (κ2) is 11.3. The van der Waals surface area contributed by atoms with Crippen LogP contribution in [0.2, 0.25) is 0 Å².